The van der Waals surface area contributed by atoms with E-state index in [0.29, 0.717) is 13.2 Å². The van der Waals surface area contributed by atoms with Crippen molar-refractivity contribution in [2.24, 2.45) is 0 Å². The van der Waals surface area contributed by atoms with Crippen LogP contribution in [0.25, 0.3) is 10.8 Å². The third-order valence-electron chi connectivity index (χ3n) is 16.9. The summed E-state index contributed by atoms with van der Waals surface area (Å²) in [6.45, 7) is 2.20. The highest BCUT2D eigenvalue weighted by atomic mass is 16.7. The summed E-state index contributed by atoms with van der Waals surface area (Å²) in [7, 11) is 0. The van der Waals surface area contributed by atoms with E-state index in [0.717, 1.165) is 66.4 Å². The molecule has 10 aromatic rings. The monoisotopic (exact) mass is 1170 g/mol. The van der Waals surface area contributed by atoms with E-state index in [9.17, 15) is 0 Å². The Hall–Kier alpha value is -7.94. The van der Waals surface area contributed by atoms with Crippen LogP contribution in [0.5, 0.6) is 0 Å². The van der Waals surface area contributed by atoms with Crippen LogP contribution in [-0.4, -0.2) is 62.0 Å². The maximum atomic E-state index is 8.12. The van der Waals surface area contributed by atoms with Gasteiger partial charge in [0.05, 0.1) is 52.9 Å². The van der Waals surface area contributed by atoms with E-state index in [1.807, 2.05) is 121 Å². The zero-order chi connectivity index (χ0) is 59.1. The molecule has 10 aromatic carbocycles. The molecule has 88 heavy (non-hydrogen) atoms. The fourth-order valence-electron chi connectivity index (χ4n) is 12.5. The molecule has 3 aliphatic heterocycles. The topological polar surface area (TPSA) is 92.3 Å². The lowest BCUT2D eigenvalue weighted by Crippen LogP contribution is -2.61. The first-order chi connectivity index (χ1) is 43.6. The number of ether oxygens (including phenoxy) is 10. The predicted octanol–water partition coefficient (Wildman–Crippen LogP) is 15.8. The van der Waals surface area contributed by atoms with Crippen molar-refractivity contribution in [3.8, 4) is 0 Å². The third-order valence-corrected chi connectivity index (χ3v) is 16.9. The minimum atomic E-state index is -0.841. The molecule has 12 atom stereocenters. The largest absolute Gasteiger partial charge is 0.374 e. The van der Waals surface area contributed by atoms with Gasteiger partial charge in [0.25, 0.3) is 0 Å². The van der Waals surface area contributed by atoms with Crippen molar-refractivity contribution in [2.45, 2.75) is 113 Å². The molecule has 3 aliphatic rings. The van der Waals surface area contributed by atoms with Crippen molar-refractivity contribution < 1.29 is 47.4 Å². The van der Waals surface area contributed by atoms with Crippen molar-refractivity contribution in [2.75, 3.05) is 13.2 Å². The van der Waals surface area contributed by atoms with Gasteiger partial charge < -0.3 is 47.4 Å². The van der Waals surface area contributed by atoms with Gasteiger partial charge in [0.1, 0.15) is 73.2 Å². The van der Waals surface area contributed by atoms with Crippen molar-refractivity contribution >= 4 is 10.8 Å². The number of rotatable bonds is 22. The fourth-order valence-corrected chi connectivity index (χ4v) is 12.5. The normalized spacial score (nSPS) is 24.4. The van der Waals surface area contributed by atoms with Gasteiger partial charge in [0, 0.05) is 0 Å². The Kier molecular flexibility index (Phi) is 19.7. The molecule has 2 fully saturated rings. The Labute approximate surface area is 516 Å². The van der Waals surface area contributed by atoms with E-state index in [1.54, 1.807) is 0 Å². The summed E-state index contributed by atoms with van der Waals surface area (Å²) >= 11 is 0. The number of fused-ring (bicyclic) bond motifs is 6. The Morgan fingerprint density at radius 1 is 0.250 bits per heavy atom. The molecule has 0 radical (unpaired) electrons. The van der Waals surface area contributed by atoms with E-state index >= 15 is 0 Å². The van der Waals surface area contributed by atoms with Crippen LogP contribution >= 0.6 is 0 Å². The molecule has 0 N–H and O–H groups in total. The van der Waals surface area contributed by atoms with Gasteiger partial charge in [0.15, 0.2) is 0 Å². The summed E-state index contributed by atoms with van der Waals surface area (Å²) in [5, 5.41) is 2.03. The zero-order valence-corrected chi connectivity index (χ0v) is 49.2. The standard InChI is InChI=1S/C78H74O10/c1-9-27-55(28-10-1)47-79-53-67-73(81-49-57-31-13-3-14-32-57)75(83-51-59-35-17-5-18-36-59)77-71(85-67)65-45-63-43-25-26-44-64(63)46-66(65)72-78(88-70(62-41-23-8-24-42-62)69(87-77)61-39-21-7-22-40-61)76(84-52-60-37-19-6-20-38-60)74(82-50-58-33-15-4-16-34-58)68(86-72)54-80-48-56-29-11-2-12-30-56/h1-46,67-78H,47-54H2/t67-,68-,69+,70+,71-,72+,73-,74-,75+,76+,77+,78+/m1/s1. The van der Waals surface area contributed by atoms with Gasteiger partial charge in [-0.15, -0.1) is 0 Å². The molecule has 0 aromatic heterocycles. The summed E-state index contributed by atoms with van der Waals surface area (Å²) in [5.74, 6) is 0. The van der Waals surface area contributed by atoms with E-state index < -0.39 is 73.2 Å². The highest BCUT2D eigenvalue weighted by Crippen LogP contribution is 2.51. The number of hydrogen-bond donors (Lipinski definition) is 0. The highest BCUT2D eigenvalue weighted by molar-refractivity contribution is 5.84. The van der Waals surface area contributed by atoms with Crippen LogP contribution < -0.4 is 0 Å². The van der Waals surface area contributed by atoms with Crippen LogP contribution in [0, 0.1) is 0 Å². The Morgan fingerprint density at radius 3 is 0.818 bits per heavy atom. The summed E-state index contributed by atoms with van der Waals surface area (Å²) in [4.78, 5) is 0. The third kappa shape index (κ3) is 14.5. The molecular formula is C78H74O10. The molecule has 0 spiro atoms. The average Bonchev–Trinajstić information content (AvgIpc) is 1.22. The average molecular weight is 1170 g/mol. The molecule has 0 aliphatic carbocycles. The van der Waals surface area contributed by atoms with E-state index in [2.05, 4.69) is 158 Å². The number of hydrogen-bond acceptors (Lipinski definition) is 10. The van der Waals surface area contributed by atoms with Gasteiger partial charge in [-0.2, -0.15) is 0 Å². The fraction of sp³-hybridized carbons (Fsp3) is 0.256. The lowest BCUT2D eigenvalue weighted by Gasteiger charge is -2.52. The van der Waals surface area contributed by atoms with Crippen molar-refractivity contribution in [1.29, 1.82) is 0 Å². The van der Waals surface area contributed by atoms with Crippen LogP contribution in [0.2, 0.25) is 0 Å². The van der Waals surface area contributed by atoms with E-state index in [1.165, 1.54) is 0 Å². The molecule has 0 saturated carbocycles. The molecule has 3 heterocycles. The molecule has 2 saturated heterocycles. The van der Waals surface area contributed by atoms with Gasteiger partial charge in [-0.3, -0.25) is 0 Å². The van der Waals surface area contributed by atoms with Crippen molar-refractivity contribution in [1.82, 2.24) is 0 Å². The van der Waals surface area contributed by atoms with Crippen molar-refractivity contribution in [3.63, 3.8) is 0 Å². The highest BCUT2D eigenvalue weighted by Gasteiger charge is 2.56. The van der Waals surface area contributed by atoms with Gasteiger partial charge in [0.2, 0.25) is 0 Å². The first-order valence-electron chi connectivity index (χ1n) is 30.7. The van der Waals surface area contributed by atoms with Crippen LogP contribution in [0.4, 0.5) is 0 Å². The number of benzene rings is 10. The molecule has 0 amide bonds. The van der Waals surface area contributed by atoms with Gasteiger partial charge in [-0.1, -0.05) is 267 Å². The summed E-state index contributed by atoms with van der Waals surface area (Å²) < 4.78 is 75.1. The van der Waals surface area contributed by atoms with Crippen molar-refractivity contribution in [3.05, 3.63) is 335 Å². The van der Waals surface area contributed by atoms with Crippen LogP contribution in [0.1, 0.15) is 80.1 Å². The van der Waals surface area contributed by atoms with E-state index in [-0.39, 0.29) is 39.6 Å². The van der Waals surface area contributed by atoms with Crippen LogP contribution in [0.3, 0.4) is 0 Å². The lowest BCUT2D eigenvalue weighted by atomic mass is 9.81. The van der Waals surface area contributed by atoms with E-state index in [4.69, 9.17) is 47.4 Å². The summed E-state index contributed by atoms with van der Waals surface area (Å²) in [6, 6.07) is 95.2. The zero-order valence-electron chi connectivity index (χ0n) is 49.2. The second-order valence-electron chi connectivity index (χ2n) is 22.9. The molecule has 10 heteroatoms. The summed E-state index contributed by atoms with van der Waals surface area (Å²) in [6.07, 6.45) is -9.12. The lowest BCUT2D eigenvalue weighted by molar-refractivity contribution is -0.310. The Balaban J connectivity index is 1.02. The smallest absolute Gasteiger partial charge is 0.118 e. The first kappa shape index (κ1) is 59.0. The SMILES string of the molecule is c1ccc(COC[C@H]2O[C@@H]3c4cc5ccccc5cc4[C@@H]4O[C@H](COCc5ccccc5)[C@@H](OCc5ccccc5)[C@H](OCc5ccccc5)[C@H]4O[C@@H](c4ccccc4)[C@H](c4ccccc4)O[C@@H]3[C@@H](OCc3ccccc3)[C@@H]2OCc2ccccc2)cc1. The molecular weight excluding hydrogens is 1100 g/mol. The molecule has 10 nitrogen and oxygen atoms in total. The van der Waals surface area contributed by atoms with Crippen LogP contribution in [0.15, 0.2) is 279 Å². The van der Waals surface area contributed by atoms with Gasteiger partial charge >= 0.3 is 0 Å². The molecule has 13 rings (SSSR count). The second-order valence-corrected chi connectivity index (χ2v) is 22.9. The first-order valence-corrected chi connectivity index (χ1v) is 30.7. The second kappa shape index (κ2) is 29.4. The molecule has 0 bridgehead atoms. The van der Waals surface area contributed by atoms with Gasteiger partial charge in [-0.25, -0.2) is 0 Å². The molecule has 446 valence electrons. The van der Waals surface area contributed by atoms with Crippen LogP contribution in [-0.2, 0) is 87.0 Å². The summed E-state index contributed by atoms with van der Waals surface area (Å²) in [5.41, 5.74) is 9.61. The minimum absolute atomic E-state index is 0.183. The maximum Gasteiger partial charge on any atom is 0.118 e. The minimum Gasteiger partial charge on any atom is -0.374 e. The molecule has 0 unspecified atom stereocenters. The predicted molar refractivity (Wildman–Crippen MR) is 340 cm³/mol. The quantitative estimate of drug-likeness (QED) is 0.0653. The Bertz CT molecular complexity index is 3440. The maximum absolute atomic E-state index is 8.12. The van der Waals surface area contributed by atoms with Gasteiger partial charge in [-0.05, 0) is 78.5 Å². The Morgan fingerprint density at radius 2 is 0.511 bits per heavy atom.